The number of pyridine rings is 5. The molecule has 0 spiro atoms. The van der Waals surface area contributed by atoms with Gasteiger partial charge in [0.15, 0.2) is 0 Å². The SMILES string of the molecule is C=CCCN(Cc1ccccc1)C(=O)c1ccc(C(F)(F)F)nc1.C=CCCNCc1ccccc1.FC(F)(F)c1ccc(C23CC2CCN3)cn1.FC(F)(F)c1ccc(C23CC2CCN3Cc2ccccc2)cn1.FC(F)(F)c1ccc([C@@]23C[C@@H]2CCN3)cn1.O=C(O)c1ccc(C(F)(F)F)nc1. The molecule has 0 radical (unpaired) electrons. The third-order valence-electron chi connectivity index (χ3n) is 18.8. The molecule has 3 aliphatic carbocycles. The van der Waals surface area contributed by atoms with Crippen LogP contribution in [0.15, 0.2) is 208 Å². The fourth-order valence-electron chi connectivity index (χ4n) is 13.1. The van der Waals surface area contributed by atoms with Crippen molar-refractivity contribution in [1.29, 1.82) is 0 Å². The first-order valence-corrected chi connectivity index (χ1v) is 33.3. The molecular formula is C76H75F15N10O3. The normalized spacial score (nSPS) is 21.1. The number of carbonyl (C=O) groups is 2. The van der Waals surface area contributed by atoms with Gasteiger partial charge in [-0.15, -0.1) is 13.2 Å². The molecule has 14 rings (SSSR count). The lowest BCUT2D eigenvalue weighted by Crippen LogP contribution is -2.32. The molecule has 4 N–H and O–H groups in total. The van der Waals surface area contributed by atoms with Crippen LogP contribution < -0.4 is 16.0 Å². The highest BCUT2D eigenvalue weighted by Gasteiger charge is 2.63. The molecule has 4 unspecified atom stereocenters. The van der Waals surface area contributed by atoms with Crippen LogP contribution in [0.4, 0.5) is 65.9 Å². The van der Waals surface area contributed by atoms with Crippen molar-refractivity contribution in [2.45, 2.75) is 118 Å². The number of amides is 1. The number of benzene rings is 3. The topological polar surface area (TPSA) is 161 Å². The van der Waals surface area contributed by atoms with E-state index in [4.69, 9.17) is 5.11 Å². The summed E-state index contributed by atoms with van der Waals surface area (Å²) in [6.07, 6.45) is -4.68. The van der Waals surface area contributed by atoms with Crippen molar-refractivity contribution in [3.8, 4) is 0 Å². The van der Waals surface area contributed by atoms with Crippen LogP contribution in [0.2, 0.25) is 0 Å². The third kappa shape index (κ3) is 20.5. The number of alkyl halides is 15. The number of halogens is 15. The molecule has 6 fully saturated rings. The molecule has 6 atom stereocenters. The van der Waals surface area contributed by atoms with E-state index in [9.17, 15) is 75.4 Å². The van der Waals surface area contributed by atoms with Crippen LogP contribution in [0.1, 0.15) is 134 Å². The summed E-state index contributed by atoms with van der Waals surface area (Å²) in [6, 6.07) is 41.4. The van der Waals surface area contributed by atoms with Crippen molar-refractivity contribution in [2.75, 3.05) is 32.7 Å². The van der Waals surface area contributed by atoms with Gasteiger partial charge in [-0.2, -0.15) is 65.9 Å². The summed E-state index contributed by atoms with van der Waals surface area (Å²) < 4.78 is 185. The molecular weight excluding hydrogens is 1390 g/mol. The number of aromatic carboxylic acids is 1. The molecule has 3 saturated heterocycles. The number of likely N-dealkylation sites (tertiary alicyclic amines) is 1. The number of nitrogens with zero attached hydrogens (tertiary/aromatic N) is 7. The van der Waals surface area contributed by atoms with Crippen molar-refractivity contribution in [1.82, 2.24) is 50.7 Å². The van der Waals surface area contributed by atoms with Crippen molar-refractivity contribution >= 4 is 11.9 Å². The summed E-state index contributed by atoms with van der Waals surface area (Å²) in [5.41, 5.74) is 1.29. The van der Waals surface area contributed by atoms with E-state index < -0.39 is 65.3 Å². The second-order valence-corrected chi connectivity index (χ2v) is 25.7. The lowest BCUT2D eigenvalue weighted by molar-refractivity contribution is -0.142. The van der Waals surface area contributed by atoms with E-state index in [-0.39, 0.29) is 33.7 Å². The van der Waals surface area contributed by atoms with Crippen LogP contribution in [-0.4, -0.2) is 84.4 Å². The monoisotopic (exact) mass is 1460 g/mol. The molecule has 3 aliphatic heterocycles. The minimum Gasteiger partial charge on any atom is -0.478 e. The van der Waals surface area contributed by atoms with Crippen LogP contribution in [0, 0.1) is 17.8 Å². The molecule has 8 aromatic rings. The highest BCUT2D eigenvalue weighted by atomic mass is 19.4. The van der Waals surface area contributed by atoms with Crippen LogP contribution in [0.25, 0.3) is 0 Å². The van der Waals surface area contributed by atoms with E-state index in [0.29, 0.717) is 49.5 Å². The van der Waals surface area contributed by atoms with Gasteiger partial charge in [-0.25, -0.2) is 4.79 Å². The van der Waals surface area contributed by atoms with E-state index in [0.717, 1.165) is 149 Å². The van der Waals surface area contributed by atoms with Gasteiger partial charge in [0, 0.05) is 68.2 Å². The standard InChI is InChI=1S/C18H17F3N2O.C18H17F3N2.2C11H11F3N2.C11H15N.C7H4F3NO2/c1-2-3-11-23(13-14-7-5-4-6-8-14)17(24)15-9-10-16(22-12-15)18(19,20)21;19-18(20,21)16-7-6-15(11-22-16)17-10-14(17)8-9-23(17)12-13-4-2-1-3-5-13;2*12-11(13,14)9-2-1-8(6-15-9)10-5-7(10)3-4-16-10;1-2-3-9-12-10-11-7-5-4-6-8-11;8-7(9,10)5-2-1-4(3-11-5)6(12)13/h2,4-10,12H,1,3,11,13H2;1-7,11,14H,8-10,12H2;2*1-2,6-7,16H,3-5H2;2,4-8,12H,1,3,9-10H2;1-3H,(H,12,13)/t;;7-,10+;;;/m..0.../s1. The molecule has 1 amide bonds. The number of hydrogen-bond donors (Lipinski definition) is 4. The Morgan fingerprint density at radius 3 is 1.25 bits per heavy atom. The average molecular weight is 1460 g/mol. The Kier molecular flexibility index (Phi) is 25.4. The Balaban J connectivity index is 0.000000147. The largest absolute Gasteiger partial charge is 0.478 e. The summed E-state index contributed by atoms with van der Waals surface area (Å²) in [7, 11) is 0. The summed E-state index contributed by atoms with van der Waals surface area (Å²) in [5.74, 6) is 0.0602. The molecule has 0 bridgehead atoms. The van der Waals surface area contributed by atoms with E-state index >= 15 is 0 Å². The van der Waals surface area contributed by atoms with Gasteiger partial charge in [-0.05, 0) is 171 Å². The van der Waals surface area contributed by atoms with Crippen molar-refractivity contribution in [2.24, 2.45) is 17.8 Å². The molecule has 3 aromatic carbocycles. The van der Waals surface area contributed by atoms with Crippen LogP contribution in [0.3, 0.4) is 0 Å². The number of piperidine rings is 3. The molecule has 5 aromatic heterocycles. The van der Waals surface area contributed by atoms with Gasteiger partial charge in [0.25, 0.3) is 5.91 Å². The molecule has 3 saturated carbocycles. The predicted molar refractivity (Wildman–Crippen MR) is 358 cm³/mol. The van der Waals surface area contributed by atoms with E-state index in [2.05, 4.69) is 95.3 Å². The fourth-order valence-corrected chi connectivity index (χ4v) is 13.1. The minimum atomic E-state index is -4.53. The Bertz CT molecular complexity index is 4000. The number of rotatable bonds is 17. The highest BCUT2D eigenvalue weighted by Crippen LogP contribution is 2.63. The van der Waals surface area contributed by atoms with Gasteiger partial charge in [0.05, 0.1) is 16.7 Å². The Hall–Kier alpha value is -9.38. The number of hydrogen-bond acceptors (Lipinski definition) is 11. The van der Waals surface area contributed by atoms with Crippen molar-refractivity contribution in [3.63, 3.8) is 0 Å². The molecule has 28 heteroatoms. The molecule has 6 aliphatic rings. The number of nitrogens with one attached hydrogen (secondary N) is 3. The number of carboxylic acid groups (broad SMARTS) is 1. The zero-order valence-corrected chi connectivity index (χ0v) is 56.0. The van der Waals surface area contributed by atoms with Gasteiger partial charge in [-0.1, -0.05) is 121 Å². The Morgan fingerprint density at radius 1 is 0.490 bits per heavy atom. The lowest BCUT2D eigenvalue weighted by Gasteiger charge is -2.28. The smallest absolute Gasteiger partial charge is 0.433 e. The van der Waals surface area contributed by atoms with Gasteiger partial charge >= 0.3 is 36.9 Å². The van der Waals surface area contributed by atoms with E-state index in [1.54, 1.807) is 29.2 Å². The summed E-state index contributed by atoms with van der Waals surface area (Å²) in [6.45, 7) is 13.8. The van der Waals surface area contributed by atoms with Crippen molar-refractivity contribution in [3.05, 3.63) is 281 Å². The zero-order chi connectivity index (χ0) is 75.1. The molecule has 13 nitrogen and oxygen atoms in total. The maximum Gasteiger partial charge on any atom is 0.433 e. The van der Waals surface area contributed by atoms with Crippen LogP contribution in [-0.2, 0) is 67.1 Å². The first-order valence-electron chi connectivity index (χ1n) is 33.3. The number of carbonyl (C=O) groups excluding carboxylic acids is 1. The quantitative estimate of drug-likeness (QED) is 0.0389. The second-order valence-electron chi connectivity index (χ2n) is 25.7. The predicted octanol–water partition coefficient (Wildman–Crippen LogP) is 17.3. The van der Waals surface area contributed by atoms with E-state index in [1.807, 2.05) is 60.7 Å². The van der Waals surface area contributed by atoms with Gasteiger partial charge in [-0.3, -0.25) is 34.6 Å². The maximum atomic E-state index is 12.7. The average Bonchev–Trinajstić information content (AvgIpc) is 1.54. The first kappa shape index (κ1) is 78.8. The number of fused-ring (bicyclic) bond motifs is 3. The lowest BCUT2D eigenvalue weighted by atomic mass is 10.0. The Morgan fingerprint density at radius 2 is 0.894 bits per heavy atom. The second kappa shape index (κ2) is 33.6. The number of aromatic nitrogens is 5. The summed E-state index contributed by atoms with van der Waals surface area (Å²) in [5, 5.41) is 18.4. The molecule has 8 heterocycles. The van der Waals surface area contributed by atoms with Gasteiger partial charge < -0.3 is 26.0 Å². The van der Waals surface area contributed by atoms with Crippen molar-refractivity contribution < 1.29 is 80.6 Å². The summed E-state index contributed by atoms with van der Waals surface area (Å²) in [4.78, 5) is 43.8. The highest BCUT2D eigenvalue weighted by molar-refractivity contribution is 5.94. The van der Waals surface area contributed by atoms with E-state index in [1.165, 1.54) is 29.7 Å². The Labute approximate surface area is 590 Å². The van der Waals surface area contributed by atoms with Gasteiger partial charge in [0.2, 0.25) is 0 Å². The van der Waals surface area contributed by atoms with Crippen LogP contribution >= 0.6 is 0 Å². The third-order valence-corrected chi connectivity index (χ3v) is 18.8. The molecule has 104 heavy (non-hydrogen) atoms. The molecule has 552 valence electrons. The summed E-state index contributed by atoms with van der Waals surface area (Å²) >= 11 is 0. The van der Waals surface area contributed by atoms with Crippen LogP contribution in [0.5, 0.6) is 0 Å². The van der Waals surface area contributed by atoms with Gasteiger partial charge in [0.1, 0.15) is 28.5 Å². The fraction of sp³-hybridized carbons (Fsp3) is 0.355. The maximum absolute atomic E-state index is 12.7. The number of carboxylic acids is 1. The zero-order valence-electron chi connectivity index (χ0n) is 56.0. The first-order chi connectivity index (χ1) is 49.3. The minimum absolute atomic E-state index is 0.0584.